The van der Waals surface area contributed by atoms with Crippen LogP contribution in [0, 0.1) is 0 Å². The van der Waals surface area contributed by atoms with Crippen LogP contribution in [0.2, 0.25) is 0 Å². The van der Waals surface area contributed by atoms with Gasteiger partial charge in [-0.3, -0.25) is 4.79 Å². The number of hydrogen-bond acceptors (Lipinski definition) is 3. The maximum absolute atomic E-state index is 11.9. The largest absolute Gasteiger partial charge is 0.480 e. The molecule has 1 aromatic heterocycles. The van der Waals surface area contributed by atoms with Gasteiger partial charge in [0.05, 0.1) is 0 Å². The summed E-state index contributed by atoms with van der Waals surface area (Å²) in [7, 11) is 0. The van der Waals surface area contributed by atoms with Crippen LogP contribution in [-0.4, -0.2) is 23.0 Å². The lowest BCUT2D eigenvalue weighted by Crippen LogP contribution is -2.40. The number of carbonyl (C=O) groups excluding carboxylic acids is 1. The van der Waals surface area contributed by atoms with Gasteiger partial charge in [-0.05, 0) is 41.7 Å². The molecule has 2 rings (SSSR count). The standard InChI is InChI=1S/C17H21NO3S/c1-2-6-14(17(20)21)18-16(19)10-5-7-12-11-22-15-9-4-3-8-13(12)15/h3-4,8-9,11,14H,2,5-7,10H2,1H3,(H,18,19)(H,20,21). The van der Waals surface area contributed by atoms with Crippen molar-refractivity contribution < 1.29 is 14.7 Å². The van der Waals surface area contributed by atoms with Crippen LogP contribution < -0.4 is 5.32 Å². The smallest absolute Gasteiger partial charge is 0.326 e. The van der Waals surface area contributed by atoms with E-state index >= 15 is 0 Å². The van der Waals surface area contributed by atoms with Gasteiger partial charge in [0.1, 0.15) is 6.04 Å². The van der Waals surface area contributed by atoms with Crippen LogP contribution in [0.15, 0.2) is 29.6 Å². The molecule has 118 valence electrons. The first kappa shape index (κ1) is 16.5. The molecule has 0 saturated carbocycles. The van der Waals surface area contributed by atoms with Crippen molar-refractivity contribution in [3.05, 3.63) is 35.2 Å². The number of carboxylic acids is 1. The molecular formula is C17H21NO3S. The number of amides is 1. The van der Waals surface area contributed by atoms with E-state index in [1.165, 1.54) is 15.6 Å². The Balaban J connectivity index is 1.83. The molecule has 4 nitrogen and oxygen atoms in total. The van der Waals surface area contributed by atoms with E-state index in [0.29, 0.717) is 12.8 Å². The number of aryl methyl sites for hydroxylation is 1. The van der Waals surface area contributed by atoms with Crippen molar-refractivity contribution in [3.63, 3.8) is 0 Å². The summed E-state index contributed by atoms with van der Waals surface area (Å²) in [5.74, 6) is -1.14. The minimum atomic E-state index is -0.959. The van der Waals surface area contributed by atoms with Crippen molar-refractivity contribution in [2.45, 2.75) is 45.1 Å². The van der Waals surface area contributed by atoms with Gasteiger partial charge in [0.25, 0.3) is 0 Å². The summed E-state index contributed by atoms with van der Waals surface area (Å²) < 4.78 is 1.26. The molecule has 1 atom stereocenters. The summed E-state index contributed by atoms with van der Waals surface area (Å²) >= 11 is 1.72. The van der Waals surface area contributed by atoms with Crippen LogP contribution in [0.25, 0.3) is 10.1 Å². The van der Waals surface area contributed by atoms with Gasteiger partial charge in [-0.15, -0.1) is 11.3 Å². The number of hydrogen-bond donors (Lipinski definition) is 2. The van der Waals surface area contributed by atoms with Gasteiger partial charge in [0, 0.05) is 11.1 Å². The molecule has 5 heteroatoms. The van der Waals surface area contributed by atoms with Gasteiger partial charge in [0.2, 0.25) is 5.91 Å². The molecule has 1 heterocycles. The third-order valence-corrected chi connectivity index (χ3v) is 4.63. The summed E-state index contributed by atoms with van der Waals surface area (Å²) in [6.45, 7) is 1.91. The fourth-order valence-electron chi connectivity index (χ4n) is 2.48. The Morgan fingerprint density at radius 1 is 1.32 bits per heavy atom. The van der Waals surface area contributed by atoms with Crippen LogP contribution in [0.4, 0.5) is 0 Å². The quantitative estimate of drug-likeness (QED) is 0.781. The second kappa shape index (κ2) is 7.94. The monoisotopic (exact) mass is 319 g/mol. The lowest BCUT2D eigenvalue weighted by atomic mass is 10.1. The SMILES string of the molecule is CCCC(NC(=O)CCCc1csc2ccccc12)C(=O)O. The maximum atomic E-state index is 11.9. The molecule has 0 aliphatic rings. The van der Waals surface area contributed by atoms with Crippen molar-refractivity contribution >= 4 is 33.3 Å². The second-order valence-electron chi connectivity index (χ2n) is 5.36. The van der Waals surface area contributed by atoms with E-state index in [1.54, 1.807) is 11.3 Å². The average Bonchev–Trinajstić information content (AvgIpc) is 2.90. The van der Waals surface area contributed by atoms with Crippen LogP contribution in [0.1, 0.15) is 38.2 Å². The zero-order chi connectivity index (χ0) is 15.9. The van der Waals surface area contributed by atoms with E-state index in [4.69, 9.17) is 5.11 Å². The number of rotatable bonds is 8. The average molecular weight is 319 g/mol. The maximum Gasteiger partial charge on any atom is 0.326 e. The minimum Gasteiger partial charge on any atom is -0.480 e. The first-order chi connectivity index (χ1) is 10.6. The first-order valence-corrected chi connectivity index (χ1v) is 8.47. The molecule has 1 amide bonds. The van der Waals surface area contributed by atoms with Crippen LogP contribution in [0.3, 0.4) is 0 Å². The number of thiophene rings is 1. The second-order valence-corrected chi connectivity index (χ2v) is 6.27. The Morgan fingerprint density at radius 3 is 2.82 bits per heavy atom. The molecule has 1 unspecified atom stereocenters. The van der Waals surface area contributed by atoms with E-state index in [1.807, 2.05) is 19.1 Å². The number of aliphatic carboxylic acids is 1. The van der Waals surface area contributed by atoms with Crippen molar-refractivity contribution in [1.29, 1.82) is 0 Å². The Bertz CT molecular complexity index is 650. The van der Waals surface area contributed by atoms with Crippen molar-refractivity contribution in [3.8, 4) is 0 Å². The normalized spacial score (nSPS) is 12.2. The Kier molecular flexibility index (Phi) is 5.95. The summed E-state index contributed by atoms with van der Waals surface area (Å²) in [5, 5.41) is 15.0. The lowest BCUT2D eigenvalue weighted by Gasteiger charge is -2.13. The number of nitrogens with one attached hydrogen (secondary N) is 1. The third-order valence-electron chi connectivity index (χ3n) is 3.62. The molecule has 0 saturated heterocycles. The van der Waals surface area contributed by atoms with Crippen LogP contribution in [-0.2, 0) is 16.0 Å². The summed E-state index contributed by atoms with van der Waals surface area (Å²) in [6.07, 6.45) is 3.13. The van der Waals surface area contributed by atoms with E-state index in [9.17, 15) is 9.59 Å². The Morgan fingerprint density at radius 2 is 2.09 bits per heavy atom. The fourth-order valence-corrected chi connectivity index (χ4v) is 3.48. The molecule has 0 aliphatic heterocycles. The summed E-state index contributed by atoms with van der Waals surface area (Å²) in [5.41, 5.74) is 1.26. The molecule has 0 radical (unpaired) electrons. The van der Waals surface area contributed by atoms with Crippen molar-refractivity contribution in [1.82, 2.24) is 5.32 Å². The molecule has 0 bridgehead atoms. The topological polar surface area (TPSA) is 66.4 Å². The third kappa shape index (κ3) is 4.31. The Labute approximate surface area is 134 Å². The highest BCUT2D eigenvalue weighted by Gasteiger charge is 2.18. The van der Waals surface area contributed by atoms with Crippen molar-refractivity contribution in [2.75, 3.05) is 0 Å². The van der Waals surface area contributed by atoms with Gasteiger partial charge in [0.15, 0.2) is 0 Å². The van der Waals surface area contributed by atoms with Gasteiger partial charge >= 0.3 is 5.97 Å². The lowest BCUT2D eigenvalue weighted by molar-refractivity contribution is -0.142. The number of benzene rings is 1. The van der Waals surface area contributed by atoms with Crippen LogP contribution >= 0.6 is 11.3 Å². The predicted molar refractivity (Wildman–Crippen MR) is 89.2 cm³/mol. The number of carbonyl (C=O) groups is 2. The van der Waals surface area contributed by atoms with Gasteiger partial charge in [-0.25, -0.2) is 4.79 Å². The molecule has 2 aromatic rings. The van der Waals surface area contributed by atoms with E-state index < -0.39 is 12.0 Å². The van der Waals surface area contributed by atoms with Crippen molar-refractivity contribution in [2.24, 2.45) is 0 Å². The Hall–Kier alpha value is -1.88. The van der Waals surface area contributed by atoms with Gasteiger partial charge < -0.3 is 10.4 Å². The molecule has 0 aliphatic carbocycles. The van der Waals surface area contributed by atoms with Crippen LogP contribution in [0.5, 0.6) is 0 Å². The van der Waals surface area contributed by atoms with E-state index in [0.717, 1.165) is 19.3 Å². The minimum absolute atomic E-state index is 0.180. The summed E-state index contributed by atoms with van der Waals surface area (Å²) in [4.78, 5) is 22.9. The molecule has 0 fully saturated rings. The van der Waals surface area contributed by atoms with Gasteiger partial charge in [-0.2, -0.15) is 0 Å². The molecule has 2 N–H and O–H groups in total. The molecule has 1 aromatic carbocycles. The highest BCUT2D eigenvalue weighted by molar-refractivity contribution is 7.17. The zero-order valence-corrected chi connectivity index (χ0v) is 13.5. The number of carboxylic acid groups (broad SMARTS) is 1. The summed E-state index contributed by atoms with van der Waals surface area (Å²) in [6, 6.07) is 7.48. The predicted octanol–water partition coefficient (Wildman–Crippen LogP) is 3.59. The van der Waals surface area contributed by atoms with Gasteiger partial charge in [-0.1, -0.05) is 31.5 Å². The highest BCUT2D eigenvalue weighted by atomic mass is 32.1. The zero-order valence-electron chi connectivity index (χ0n) is 12.7. The molecule has 22 heavy (non-hydrogen) atoms. The van der Waals surface area contributed by atoms with E-state index in [2.05, 4.69) is 22.8 Å². The molecular weight excluding hydrogens is 298 g/mol. The molecule has 0 spiro atoms. The van der Waals surface area contributed by atoms with E-state index in [-0.39, 0.29) is 5.91 Å². The number of fused-ring (bicyclic) bond motifs is 1. The fraction of sp³-hybridized carbons (Fsp3) is 0.412. The highest BCUT2D eigenvalue weighted by Crippen LogP contribution is 2.26. The first-order valence-electron chi connectivity index (χ1n) is 7.59.